The van der Waals surface area contributed by atoms with Crippen LogP contribution in [0.5, 0.6) is 11.5 Å². The van der Waals surface area contributed by atoms with Gasteiger partial charge in [-0.25, -0.2) is 9.69 Å². The van der Waals surface area contributed by atoms with Crippen molar-refractivity contribution in [3.8, 4) is 11.5 Å². The summed E-state index contributed by atoms with van der Waals surface area (Å²) in [6, 6.07) is 13.8. The number of nitrogens with one attached hydrogen (secondary N) is 1. The molecule has 40 heavy (non-hydrogen) atoms. The maximum Gasteiger partial charge on any atom is 0.339 e. The molecule has 0 aromatic heterocycles. The number of urea groups is 1. The zero-order valence-electron chi connectivity index (χ0n) is 21.0. The third-order valence-electron chi connectivity index (χ3n) is 5.62. The van der Waals surface area contributed by atoms with Crippen LogP contribution in [0, 0.1) is 0 Å². The van der Waals surface area contributed by atoms with Gasteiger partial charge in [0.15, 0.2) is 11.5 Å². The molecule has 0 aliphatic carbocycles. The minimum atomic E-state index is -4.22. The molecule has 0 radical (unpaired) electrons. The Labute approximate surface area is 240 Å². The Morgan fingerprint density at radius 3 is 2.38 bits per heavy atom. The first-order valence-electron chi connectivity index (χ1n) is 11.8. The minimum Gasteiger partial charge on any atom is -0.490 e. The highest BCUT2D eigenvalue weighted by Gasteiger charge is 2.37. The van der Waals surface area contributed by atoms with E-state index in [1.807, 2.05) is 0 Å². The number of halogens is 2. The number of amides is 4. The number of ether oxygens (including phenoxy) is 1. The Hall–Kier alpha value is -4.12. The van der Waals surface area contributed by atoms with E-state index in [4.69, 9.17) is 32.1 Å². The third-order valence-corrected chi connectivity index (χ3v) is 7.59. The molecule has 12 heteroatoms. The summed E-state index contributed by atoms with van der Waals surface area (Å²) in [5.74, 6) is -1.81. The standard InChI is InChI=1S/C28H22Cl2N2O7S/c1-3-8-18-13-17(15-24(38-4-2)25(18)39-40(36,37)20-9-6-5-7-10-20)14-21-26(33)31-28(35)32(27(21)34)19-11-12-22(29)23(30)16-19/h3,5-7,9-16H,1,4,8H2,2H3,(H,31,33,35)/b21-14+. The van der Waals surface area contributed by atoms with E-state index in [9.17, 15) is 22.8 Å². The number of benzene rings is 3. The number of nitrogens with zero attached hydrogens (tertiary/aromatic N) is 1. The number of anilines is 1. The van der Waals surface area contributed by atoms with E-state index in [2.05, 4.69) is 11.9 Å². The molecule has 206 valence electrons. The maximum atomic E-state index is 13.3. The van der Waals surface area contributed by atoms with Crippen molar-refractivity contribution in [2.75, 3.05) is 11.5 Å². The quantitative estimate of drug-likeness (QED) is 0.148. The molecule has 1 aliphatic rings. The molecule has 1 heterocycles. The van der Waals surface area contributed by atoms with Crippen molar-refractivity contribution >= 4 is 62.9 Å². The maximum absolute atomic E-state index is 13.3. The molecule has 1 N–H and O–H groups in total. The van der Waals surface area contributed by atoms with Crippen molar-refractivity contribution in [1.82, 2.24) is 5.32 Å². The Morgan fingerprint density at radius 2 is 1.73 bits per heavy atom. The van der Waals surface area contributed by atoms with Crippen molar-refractivity contribution in [2.24, 2.45) is 0 Å². The predicted molar refractivity (Wildman–Crippen MR) is 151 cm³/mol. The summed E-state index contributed by atoms with van der Waals surface area (Å²) >= 11 is 12.0. The Balaban J connectivity index is 1.79. The van der Waals surface area contributed by atoms with Gasteiger partial charge in [-0.2, -0.15) is 8.42 Å². The average molecular weight is 601 g/mol. The molecule has 0 spiro atoms. The van der Waals surface area contributed by atoms with E-state index in [1.54, 1.807) is 25.1 Å². The molecule has 0 unspecified atom stereocenters. The van der Waals surface area contributed by atoms with Gasteiger partial charge in [0.1, 0.15) is 10.5 Å². The number of rotatable bonds is 9. The van der Waals surface area contributed by atoms with Crippen LogP contribution in [0.15, 0.2) is 83.8 Å². The largest absolute Gasteiger partial charge is 0.490 e. The fourth-order valence-electron chi connectivity index (χ4n) is 3.86. The number of barbiturate groups is 1. The normalized spacial score (nSPS) is 14.7. The van der Waals surface area contributed by atoms with Crippen molar-refractivity contribution < 1.29 is 31.7 Å². The van der Waals surface area contributed by atoms with E-state index in [1.165, 1.54) is 54.6 Å². The van der Waals surface area contributed by atoms with Crippen molar-refractivity contribution in [2.45, 2.75) is 18.2 Å². The first kappa shape index (κ1) is 28.9. The highest BCUT2D eigenvalue weighted by molar-refractivity contribution is 7.87. The van der Waals surface area contributed by atoms with E-state index in [0.29, 0.717) is 11.1 Å². The second-order valence-corrected chi connectivity index (χ2v) is 10.7. The smallest absolute Gasteiger partial charge is 0.339 e. The fraction of sp³-hybridized carbons (Fsp3) is 0.107. The van der Waals surface area contributed by atoms with Crippen LogP contribution in [-0.4, -0.2) is 32.9 Å². The Kier molecular flexibility index (Phi) is 8.63. The monoisotopic (exact) mass is 600 g/mol. The number of allylic oxidation sites excluding steroid dienone is 1. The lowest BCUT2D eigenvalue weighted by Gasteiger charge is -2.26. The second-order valence-electron chi connectivity index (χ2n) is 8.34. The lowest BCUT2D eigenvalue weighted by molar-refractivity contribution is -0.122. The molecule has 3 aromatic carbocycles. The summed E-state index contributed by atoms with van der Waals surface area (Å²) in [7, 11) is -4.22. The van der Waals surface area contributed by atoms with E-state index >= 15 is 0 Å². The van der Waals surface area contributed by atoms with Crippen LogP contribution in [0.4, 0.5) is 10.5 Å². The van der Waals surface area contributed by atoms with Crippen LogP contribution in [0.1, 0.15) is 18.1 Å². The summed E-state index contributed by atoms with van der Waals surface area (Å²) in [6.45, 7) is 5.58. The molecule has 9 nitrogen and oxygen atoms in total. The topological polar surface area (TPSA) is 119 Å². The molecular weight excluding hydrogens is 579 g/mol. The molecule has 0 saturated carbocycles. The molecule has 0 atom stereocenters. The molecular formula is C28H22Cl2N2O7S. The van der Waals surface area contributed by atoms with Crippen molar-refractivity contribution in [3.63, 3.8) is 0 Å². The van der Waals surface area contributed by atoms with Crippen LogP contribution >= 0.6 is 23.2 Å². The van der Waals surface area contributed by atoms with Crippen LogP contribution in [0.2, 0.25) is 10.0 Å². The van der Waals surface area contributed by atoms with Gasteiger partial charge in [0, 0.05) is 5.56 Å². The number of hydrogen-bond donors (Lipinski definition) is 1. The SMILES string of the molecule is C=CCc1cc(/C=C2\C(=O)NC(=O)N(c3ccc(Cl)c(Cl)c3)C2=O)cc(OCC)c1OS(=O)(=O)c1ccccc1. The number of carbonyl (C=O) groups is 3. The summed E-state index contributed by atoms with van der Waals surface area (Å²) < 4.78 is 37.2. The Bertz CT molecular complexity index is 1650. The third kappa shape index (κ3) is 6.04. The van der Waals surface area contributed by atoms with Crippen molar-refractivity contribution in [1.29, 1.82) is 0 Å². The van der Waals surface area contributed by atoms with Gasteiger partial charge in [0.25, 0.3) is 11.8 Å². The van der Waals surface area contributed by atoms with Crippen LogP contribution < -0.4 is 19.1 Å². The summed E-state index contributed by atoms with van der Waals surface area (Å²) in [4.78, 5) is 39.3. The van der Waals surface area contributed by atoms with E-state index in [0.717, 1.165) is 4.90 Å². The predicted octanol–water partition coefficient (Wildman–Crippen LogP) is 5.55. The zero-order chi connectivity index (χ0) is 29.0. The molecule has 4 rings (SSSR count). The van der Waals surface area contributed by atoms with Crippen LogP contribution in [0.25, 0.3) is 6.08 Å². The zero-order valence-corrected chi connectivity index (χ0v) is 23.3. The lowest BCUT2D eigenvalue weighted by Crippen LogP contribution is -2.54. The molecule has 1 saturated heterocycles. The fourth-order valence-corrected chi connectivity index (χ4v) is 5.15. The van der Waals surface area contributed by atoms with Gasteiger partial charge in [0.05, 0.1) is 22.3 Å². The number of imide groups is 2. The molecule has 3 aromatic rings. The van der Waals surface area contributed by atoms with Gasteiger partial charge in [0.2, 0.25) is 0 Å². The average Bonchev–Trinajstić information content (AvgIpc) is 2.91. The van der Waals surface area contributed by atoms with Gasteiger partial charge in [-0.3, -0.25) is 14.9 Å². The highest BCUT2D eigenvalue weighted by Crippen LogP contribution is 2.37. The molecule has 4 amide bonds. The molecule has 0 bridgehead atoms. The lowest BCUT2D eigenvalue weighted by atomic mass is 10.0. The summed E-state index contributed by atoms with van der Waals surface area (Å²) in [5.41, 5.74) is 0.427. The van der Waals surface area contributed by atoms with Crippen LogP contribution in [-0.2, 0) is 26.1 Å². The van der Waals surface area contributed by atoms with Gasteiger partial charge >= 0.3 is 16.1 Å². The second kappa shape index (κ2) is 12.0. The number of carbonyl (C=O) groups excluding carboxylic acids is 3. The van der Waals surface area contributed by atoms with Gasteiger partial charge < -0.3 is 8.92 Å². The van der Waals surface area contributed by atoms with Crippen LogP contribution in [0.3, 0.4) is 0 Å². The van der Waals surface area contributed by atoms with Crippen molar-refractivity contribution in [3.05, 3.63) is 100 Å². The summed E-state index contributed by atoms with van der Waals surface area (Å²) in [5, 5.41) is 2.46. The van der Waals surface area contributed by atoms with Gasteiger partial charge in [-0.05, 0) is 67.4 Å². The minimum absolute atomic E-state index is 0.0512. The van der Waals surface area contributed by atoms with E-state index in [-0.39, 0.29) is 50.7 Å². The van der Waals surface area contributed by atoms with Gasteiger partial charge in [-0.1, -0.05) is 47.5 Å². The first-order valence-corrected chi connectivity index (χ1v) is 14.0. The summed E-state index contributed by atoms with van der Waals surface area (Å²) in [6.07, 6.45) is 2.97. The first-order chi connectivity index (χ1) is 19.1. The molecule has 1 aliphatic heterocycles. The highest BCUT2D eigenvalue weighted by atomic mass is 35.5. The Morgan fingerprint density at radius 1 is 1.00 bits per heavy atom. The van der Waals surface area contributed by atoms with E-state index < -0.39 is 28.0 Å². The number of hydrogen-bond acceptors (Lipinski definition) is 7. The molecule has 1 fully saturated rings. The van der Waals surface area contributed by atoms with Gasteiger partial charge in [-0.15, -0.1) is 6.58 Å².